The van der Waals surface area contributed by atoms with Crippen molar-refractivity contribution in [3.8, 4) is 11.8 Å². The van der Waals surface area contributed by atoms with E-state index < -0.39 is 18.1 Å². The summed E-state index contributed by atoms with van der Waals surface area (Å²) in [5.41, 5.74) is 8.44. The lowest BCUT2D eigenvalue weighted by Gasteiger charge is -2.23. The molecule has 0 heterocycles. The molecule has 0 aliphatic carbocycles. The van der Waals surface area contributed by atoms with Crippen LogP contribution < -0.4 is 21.1 Å². The zero-order valence-electron chi connectivity index (χ0n) is 20.3. The van der Waals surface area contributed by atoms with Gasteiger partial charge in [0.15, 0.2) is 0 Å². The second kappa shape index (κ2) is 13.3. The predicted octanol–water partition coefficient (Wildman–Crippen LogP) is 4.63. The van der Waals surface area contributed by atoms with Crippen molar-refractivity contribution in [1.82, 2.24) is 0 Å². The lowest BCUT2D eigenvalue weighted by Crippen LogP contribution is -2.21. The number of rotatable bonds is 10. The number of carbonyl (C=O) groups excluding carboxylic acids is 2. The van der Waals surface area contributed by atoms with Gasteiger partial charge in [0.05, 0.1) is 29.6 Å². The smallest absolute Gasteiger partial charge is 0.412 e. The van der Waals surface area contributed by atoms with Crippen LogP contribution in [0.2, 0.25) is 0 Å². The average molecular weight is 501 g/mol. The summed E-state index contributed by atoms with van der Waals surface area (Å²) in [6.07, 6.45) is 1.57. The van der Waals surface area contributed by atoms with E-state index in [-0.39, 0.29) is 19.1 Å². The molecule has 0 unspecified atom stereocenters. The molecule has 3 aromatic rings. The first kappa shape index (κ1) is 26.8. The molecule has 0 saturated heterocycles. The molecule has 0 aromatic heterocycles. The number of nitrogens with one attached hydrogen (secondary N) is 2. The molecule has 0 aliphatic rings. The van der Waals surface area contributed by atoms with Crippen LogP contribution in [-0.4, -0.2) is 30.3 Å². The van der Waals surface area contributed by atoms with Gasteiger partial charge >= 0.3 is 6.09 Å². The number of nitrogens with two attached hydrogens (primary N) is 1. The van der Waals surface area contributed by atoms with E-state index in [4.69, 9.17) is 25.6 Å². The first-order valence-electron chi connectivity index (χ1n) is 11.5. The van der Waals surface area contributed by atoms with Crippen molar-refractivity contribution in [2.24, 2.45) is 5.92 Å². The number of aliphatic hydroxyl groups excluding tert-OH is 1. The van der Waals surface area contributed by atoms with Crippen LogP contribution in [0.1, 0.15) is 24.2 Å². The zero-order chi connectivity index (χ0) is 26.6. The molecule has 9 nitrogen and oxygen atoms in total. The van der Waals surface area contributed by atoms with E-state index in [1.54, 1.807) is 78.9 Å². The van der Waals surface area contributed by atoms with Gasteiger partial charge in [-0.25, -0.2) is 4.79 Å². The molecule has 37 heavy (non-hydrogen) atoms. The van der Waals surface area contributed by atoms with Crippen LogP contribution in [0.5, 0.6) is 5.75 Å². The quantitative estimate of drug-likeness (QED) is 0.234. The third kappa shape index (κ3) is 8.13. The van der Waals surface area contributed by atoms with Crippen LogP contribution in [0, 0.1) is 17.2 Å². The Bertz CT molecular complexity index is 1270. The summed E-state index contributed by atoms with van der Waals surface area (Å²) in [4.78, 5) is 25.2. The Morgan fingerprint density at radius 3 is 2.41 bits per heavy atom. The lowest BCUT2D eigenvalue weighted by atomic mass is 9.96. The van der Waals surface area contributed by atoms with Gasteiger partial charge in [-0.3, -0.25) is 10.1 Å². The van der Waals surface area contributed by atoms with Crippen LogP contribution in [0.4, 0.5) is 21.9 Å². The minimum absolute atomic E-state index is 0.110. The number of hydrogen-bond acceptors (Lipinski definition) is 7. The van der Waals surface area contributed by atoms with Crippen LogP contribution in [-0.2, 0) is 9.53 Å². The predicted molar refractivity (Wildman–Crippen MR) is 141 cm³/mol. The van der Waals surface area contributed by atoms with Crippen molar-refractivity contribution in [3.63, 3.8) is 0 Å². The minimum Gasteiger partial charge on any atom is -0.491 e. The number of benzene rings is 3. The molecule has 0 bridgehead atoms. The second-order valence-electron chi connectivity index (χ2n) is 8.08. The molecule has 0 saturated carbocycles. The number of aliphatic hydroxyl groups is 1. The fourth-order valence-corrected chi connectivity index (χ4v) is 3.41. The van der Waals surface area contributed by atoms with Crippen LogP contribution in [0.3, 0.4) is 0 Å². The van der Waals surface area contributed by atoms with Crippen molar-refractivity contribution >= 4 is 29.1 Å². The maximum Gasteiger partial charge on any atom is 0.412 e. The second-order valence-corrected chi connectivity index (χ2v) is 8.08. The number of ether oxygens (including phenoxy) is 2. The SMILES string of the molecule is C[C@@H](/C=C/C(=O)Nc1ccccc1N)[C@H](OC(=O)Nc1ccc(C#N)cc1)c1ccc(OCCO)cc1. The number of anilines is 3. The number of nitriles is 1. The maximum absolute atomic E-state index is 12.7. The molecule has 0 radical (unpaired) electrons. The highest BCUT2D eigenvalue weighted by Crippen LogP contribution is 2.29. The van der Waals surface area contributed by atoms with Gasteiger partial charge in [-0.05, 0) is 60.2 Å². The Labute approximate surface area is 215 Å². The number of para-hydroxylation sites is 2. The Morgan fingerprint density at radius 1 is 1.05 bits per heavy atom. The summed E-state index contributed by atoms with van der Waals surface area (Å²) >= 11 is 0. The third-order valence-electron chi connectivity index (χ3n) is 5.31. The van der Waals surface area contributed by atoms with E-state index in [9.17, 15) is 9.59 Å². The highest BCUT2D eigenvalue weighted by atomic mass is 16.6. The van der Waals surface area contributed by atoms with E-state index in [1.165, 1.54) is 6.08 Å². The average Bonchev–Trinajstić information content (AvgIpc) is 2.91. The fourth-order valence-electron chi connectivity index (χ4n) is 3.41. The molecule has 9 heteroatoms. The molecule has 3 rings (SSSR count). The van der Waals surface area contributed by atoms with E-state index in [0.717, 1.165) is 0 Å². The van der Waals surface area contributed by atoms with Gasteiger partial charge in [-0.15, -0.1) is 0 Å². The molecular formula is C28H28N4O5. The molecule has 2 amide bonds. The Hall–Kier alpha value is -4.81. The van der Waals surface area contributed by atoms with Gasteiger partial charge in [-0.1, -0.05) is 37.3 Å². The van der Waals surface area contributed by atoms with Gasteiger partial charge in [0.2, 0.25) is 5.91 Å². The van der Waals surface area contributed by atoms with Gasteiger partial charge in [0.25, 0.3) is 0 Å². The van der Waals surface area contributed by atoms with E-state index in [1.807, 2.05) is 13.0 Å². The number of hydrogen-bond donors (Lipinski definition) is 4. The van der Waals surface area contributed by atoms with Crippen molar-refractivity contribution in [2.45, 2.75) is 13.0 Å². The standard InChI is InChI=1S/C28H28N4O5/c1-19(6-15-26(34)32-25-5-3-2-4-24(25)30)27(21-9-13-23(14-10-21)36-17-16-33)37-28(35)31-22-11-7-20(18-29)8-12-22/h2-15,19,27,33H,16-17,30H2,1H3,(H,31,35)(H,32,34)/b15-6+/t19-,27-/m0/s1. The monoisotopic (exact) mass is 500 g/mol. The zero-order valence-corrected chi connectivity index (χ0v) is 20.3. The van der Waals surface area contributed by atoms with Crippen molar-refractivity contribution in [1.29, 1.82) is 5.26 Å². The fraction of sp³-hybridized carbons (Fsp3) is 0.179. The molecule has 0 fully saturated rings. The summed E-state index contributed by atoms with van der Waals surface area (Å²) in [6.45, 7) is 1.87. The van der Waals surface area contributed by atoms with Crippen LogP contribution in [0.15, 0.2) is 84.9 Å². The molecule has 3 aromatic carbocycles. The van der Waals surface area contributed by atoms with Crippen molar-refractivity contribution < 1.29 is 24.2 Å². The highest BCUT2D eigenvalue weighted by molar-refractivity contribution is 6.01. The molecule has 2 atom stereocenters. The minimum atomic E-state index is -0.740. The van der Waals surface area contributed by atoms with E-state index in [0.29, 0.717) is 33.9 Å². The van der Waals surface area contributed by atoms with Crippen molar-refractivity contribution in [2.75, 3.05) is 29.6 Å². The summed E-state index contributed by atoms with van der Waals surface area (Å²) in [7, 11) is 0. The Balaban J connectivity index is 1.75. The first-order valence-corrected chi connectivity index (χ1v) is 11.5. The van der Waals surface area contributed by atoms with Gasteiger partial charge in [0.1, 0.15) is 18.5 Å². The van der Waals surface area contributed by atoms with E-state index in [2.05, 4.69) is 10.6 Å². The molecule has 5 N–H and O–H groups in total. The Kier molecular flexibility index (Phi) is 9.65. The molecule has 0 aliphatic heterocycles. The lowest BCUT2D eigenvalue weighted by molar-refractivity contribution is -0.111. The Morgan fingerprint density at radius 2 is 1.76 bits per heavy atom. The molecule has 190 valence electrons. The van der Waals surface area contributed by atoms with Crippen molar-refractivity contribution in [3.05, 3.63) is 96.1 Å². The summed E-state index contributed by atoms with van der Waals surface area (Å²) in [5.74, 6) is -0.213. The highest BCUT2D eigenvalue weighted by Gasteiger charge is 2.23. The summed E-state index contributed by atoms with van der Waals surface area (Å²) < 4.78 is 11.2. The molecular weight excluding hydrogens is 472 g/mol. The van der Waals surface area contributed by atoms with Gasteiger partial charge in [-0.2, -0.15) is 5.26 Å². The van der Waals surface area contributed by atoms with E-state index >= 15 is 0 Å². The number of amides is 2. The summed E-state index contributed by atoms with van der Waals surface area (Å²) in [5, 5.41) is 23.3. The number of nitrogens with zero attached hydrogens (tertiary/aromatic N) is 1. The summed E-state index contributed by atoms with van der Waals surface area (Å²) in [6, 6.07) is 22.2. The number of carbonyl (C=O) groups is 2. The van der Waals surface area contributed by atoms with Gasteiger partial charge in [0, 0.05) is 11.6 Å². The van der Waals surface area contributed by atoms with Gasteiger partial charge < -0.3 is 25.6 Å². The largest absolute Gasteiger partial charge is 0.491 e. The molecule has 0 spiro atoms. The van der Waals surface area contributed by atoms with Crippen LogP contribution in [0.25, 0.3) is 0 Å². The topological polar surface area (TPSA) is 147 Å². The maximum atomic E-state index is 12.7. The normalized spacial score (nSPS) is 12.2. The number of nitrogen functional groups attached to an aromatic ring is 1. The first-order chi connectivity index (χ1) is 17.9. The van der Waals surface area contributed by atoms with Crippen LogP contribution >= 0.6 is 0 Å². The third-order valence-corrected chi connectivity index (χ3v) is 5.31.